The molecule has 2 heteroatoms. The summed E-state index contributed by atoms with van der Waals surface area (Å²) in [5, 5.41) is 0. The second kappa shape index (κ2) is 3.35. The van der Waals surface area contributed by atoms with Gasteiger partial charge in [-0.1, -0.05) is 6.92 Å². The van der Waals surface area contributed by atoms with Gasteiger partial charge in [-0.05, 0) is 32.4 Å². The van der Waals surface area contributed by atoms with Gasteiger partial charge >= 0.3 is 0 Å². The molecule has 2 N–H and O–H groups in total. The average Bonchev–Trinajstić information content (AvgIpc) is 1.94. The number of likely N-dealkylation sites (tertiary alicyclic amines) is 1. The van der Waals surface area contributed by atoms with E-state index in [1.54, 1.807) is 0 Å². The van der Waals surface area contributed by atoms with Crippen LogP contribution >= 0.6 is 0 Å². The zero-order valence-corrected chi connectivity index (χ0v) is 7.01. The Morgan fingerprint density at radius 1 is 1.60 bits per heavy atom. The summed E-state index contributed by atoms with van der Waals surface area (Å²) in [7, 11) is 2.17. The third kappa shape index (κ3) is 1.70. The Hall–Kier alpha value is -0.0800. The summed E-state index contributed by atoms with van der Waals surface area (Å²) in [5.41, 5.74) is 5.61. The van der Waals surface area contributed by atoms with Crippen molar-refractivity contribution in [1.82, 2.24) is 4.90 Å². The fourth-order valence-electron chi connectivity index (χ4n) is 1.65. The molecule has 2 nitrogen and oxygen atoms in total. The van der Waals surface area contributed by atoms with Gasteiger partial charge in [0.05, 0.1) is 0 Å². The molecule has 0 aromatic carbocycles. The molecule has 0 radical (unpaired) electrons. The molecule has 0 bridgehead atoms. The molecule has 0 saturated carbocycles. The van der Waals surface area contributed by atoms with Crippen molar-refractivity contribution in [3.05, 3.63) is 0 Å². The highest BCUT2D eigenvalue weighted by Crippen LogP contribution is 2.19. The normalized spacial score (nSPS) is 36.3. The summed E-state index contributed by atoms with van der Waals surface area (Å²) in [4.78, 5) is 2.38. The quantitative estimate of drug-likeness (QED) is 0.583. The molecule has 10 heavy (non-hydrogen) atoms. The van der Waals surface area contributed by atoms with Gasteiger partial charge in [0.1, 0.15) is 0 Å². The van der Waals surface area contributed by atoms with Crippen molar-refractivity contribution >= 4 is 0 Å². The smallest absolute Gasteiger partial charge is 0.0217 e. The molecule has 0 aliphatic carbocycles. The molecule has 0 amide bonds. The lowest BCUT2D eigenvalue weighted by Crippen LogP contribution is -2.43. The van der Waals surface area contributed by atoms with E-state index in [0.717, 1.165) is 12.5 Å². The first-order valence-electron chi connectivity index (χ1n) is 4.14. The number of rotatable bonds is 1. The number of nitrogens with zero attached hydrogens (tertiary/aromatic N) is 1. The molecule has 1 saturated heterocycles. The largest absolute Gasteiger partial charge is 0.329 e. The molecule has 1 aliphatic heterocycles. The second-order valence-electron chi connectivity index (χ2n) is 3.50. The predicted molar refractivity (Wildman–Crippen MR) is 43.9 cm³/mol. The zero-order chi connectivity index (χ0) is 7.56. The third-order valence-corrected chi connectivity index (χ3v) is 2.54. The van der Waals surface area contributed by atoms with E-state index in [1.807, 2.05) is 0 Å². The number of hydrogen-bond acceptors (Lipinski definition) is 2. The lowest BCUT2D eigenvalue weighted by molar-refractivity contribution is 0.154. The zero-order valence-electron chi connectivity index (χ0n) is 7.01. The molecule has 1 heterocycles. The Kier molecular flexibility index (Phi) is 2.69. The van der Waals surface area contributed by atoms with E-state index in [4.69, 9.17) is 5.73 Å². The number of hydrogen-bond donors (Lipinski definition) is 1. The van der Waals surface area contributed by atoms with Crippen LogP contribution in [0.2, 0.25) is 0 Å². The lowest BCUT2D eigenvalue weighted by atomic mass is 9.93. The highest BCUT2D eigenvalue weighted by atomic mass is 15.1. The van der Waals surface area contributed by atoms with Gasteiger partial charge in [-0.15, -0.1) is 0 Å². The van der Waals surface area contributed by atoms with E-state index < -0.39 is 0 Å². The third-order valence-electron chi connectivity index (χ3n) is 2.54. The maximum Gasteiger partial charge on any atom is 0.0217 e. The fraction of sp³-hybridized carbons (Fsp3) is 1.00. The summed E-state index contributed by atoms with van der Waals surface area (Å²) in [5.74, 6) is 0.879. The summed E-state index contributed by atoms with van der Waals surface area (Å²) >= 11 is 0. The van der Waals surface area contributed by atoms with Crippen LogP contribution in [0.15, 0.2) is 0 Å². The van der Waals surface area contributed by atoms with Crippen molar-refractivity contribution in [3.63, 3.8) is 0 Å². The maximum absolute atomic E-state index is 5.61. The molecule has 0 unspecified atom stereocenters. The van der Waals surface area contributed by atoms with Crippen LogP contribution in [0.4, 0.5) is 0 Å². The molecular weight excluding hydrogens is 124 g/mol. The van der Waals surface area contributed by atoms with Gasteiger partial charge in [-0.3, -0.25) is 0 Å². The molecule has 60 valence electrons. The van der Waals surface area contributed by atoms with Crippen molar-refractivity contribution in [2.75, 3.05) is 20.1 Å². The monoisotopic (exact) mass is 142 g/mol. The number of nitrogens with two attached hydrogens (primary N) is 1. The van der Waals surface area contributed by atoms with Crippen LogP contribution in [0.25, 0.3) is 0 Å². The minimum Gasteiger partial charge on any atom is -0.329 e. The van der Waals surface area contributed by atoms with Crippen LogP contribution < -0.4 is 5.73 Å². The molecule has 2 atom stereocenters. The van der Waals surface area contributed by atoms with Gasteiger partial charge in [0.15, 0.2) is 0 Å². The Balaban J connectivity index is 2.38. The van der Waals surface area contributed by atoms with Gasteiger partial charge < -0.3 is 10.6 Å². The minimum atomic E-state index is 0.642. The Morgan fingerprint density at radius 3 is 2.80 bits per heavy atom. The fourth-order valence-corrected chi connectivity index (χ4v) is 1.65. The standard InChI is InChI=1S/C8H18N2/c1-7-3-4-10(2)8(5-7)6-9/h7-8H,3-6,9H2,1-2H3/t7-,8+/m1/s1. The van der Waals surface area contributed by atoms with Crippen LogP contribution in [0.3, 0.4) is 0 Å². The average molecular weight is 142 g/mol. The van der Waals surface area contributed by atoms with Crippen molar-refractivity contribution < 1.29 is 0 Å². The van der Waals surface area contributed by atoms with Gasteiger partial charge in [0.2, 0.25) is 0 Å². The summed E-state index contributed by atoms with van der Waals surface area (Å²) < 4.78 is 0. The maximum atomic E-state index is 5.61. The van der Waals surface area contributed by atoms with E-state index >= 15 is 0 Å². The van der Waals surface area contributed by atoms with Crippen LogP contribution in [0.5, 0.6) is 0 Å². The highest BCUT2D eigenvalue weighted by Gasteiger charge is 2.21. The number of likely N-dealkylation sites (N-methyl/N-ethyl adjacent to an activating group) is 1. The Bertz CT molecular complexity index is 103. The first-order valence-corrected chi connectivity index (χ1v) is 4.14. The SMILES string of the molecule is C[C@@H]1CCN(C)[C@H](CN)C1. The van der Waals surface area contributed by atoms with E-state index in [9.17, 15) is 0 Å². The second-order valence-corrected chi connectivity index (χ2v) is 3.50. The van der Waals surface area contributed by atoms with E-state index in [1.165, 1.54) is 19.4 Å². The molecule has 0 aromatic heterocycles. The Labute approximate surface area is 63.4 Å². The van der Waals surface area contributed by atoms with Crippen molar-refractivity contribution in [3.8, 4) is 0 Å². The summed E-state index contributed by atoms with van der Waals surface area (Å²) in [6.45, 7) is 4.36. The van der Waals surface area contributed by atoms with Gasteiger partial charge in [0.25, 0.3) is 0 Å². The van der Waals surface area contributed by atoms with Crippen molar-refractivity contribution in [1.29, 1.82) is 0 Å². The molecule has 0 aromatic rings. The molecular formula is C8H18N2. The Morgan fingerprint density at radius 2 is 2.30 bits per heavy atom. The van der Waals surface area contributed by atoms with Crippen LogP contribution in [0.1, 0.15) is 19.8 Å². The summed E-state index contributed by atoms with van der Waals surface area (Å²) in [6.07, 6.45) is 2.62. The van der Waals surface area contributed by atoms with Gasteiger partial charge in [-0.25, -0.2) is 0 Å². The molecule has 1 aliphatic rings. The molecule has 0 spiro atoms. The first-order chi connectivity index (χ1) is 4.74. The van der Waals surface area contributed by atoms with Gasteiger partial charge in [0, 0.05) is 12.6 Å². The summed E-state index contributed by atoms with van der Waals surface area (Å²) in [6, 6.07) is 0.642. The first kappa shape index (κ1) is 8.02. The van der Waals surface area contributed by atoms with Gasteiger partial charge in [-0.2, -0.15) is 0 Å². The predicted octanol–water partition coefficient (Wildman–Crippen LogP) is 0.675. The van der Waals surface area contributed by atoms with Crippen LogP contribution in [-0.2, 0) is 0 Å². The van der Waals surface area contributed by atoms with Crippen molar-refractivity contribution in [2.24, 2.45) is 11.7 Å². The molecule has 1 rings (SSSR count). The van der Waals surface area contributed by atoms with Crippen molar-refractivity contribution in [2.45, 2.75) is 25.8 Å². The van der Waals surface area contributed by atoms with Crippen LogP contribution in [0, 0.1) is 5.92 Å². The van der Waals surface area contributed by atoms with E-state index in [2.05, 4.69) is 18.9 Å². The minimum absolute atomic E-state index is 0.642. The van der Waals surface area contributed by atoms with E-state index in [0.29, 0.717) is 6.04 Å². The number of piperidine rings is 1. The lowest BCUT2D eigenvalue weighted by Gasteiger charge is -2.34. The highest BCUT2D eigenvalue weighted by molar-refractivity contribution is 4.77. The van der Waals surface area contributed by atoms with E-state index in [-0.39, 0.29) is 0 Å². The molecule has 1 fully saturated rings. The topological polar surface area (TPSA) is 29.3 Å². The van der Waals surface area contributed by atoms with Crippen LogP contribution in [-0.4, -0.2) is 31.1 Å².